The van der Waals surface area contributed by atoms with Crippen LogP contribution in [0.1, 0.15) is 16.7 Å². The molecule has 0 aliphatic heterocycles. The molecule has 0 radical (unpaired) electrons. The first kappa shape index (κ1) is 14.5. The lowest BCUT2D eigenvalue weighted by molar-refractivity contribution is -0.385. The van der Waals surface area contributed by atoms with Crippen molar-refractivity contribution in [1.29, 1.82) is 5.26 Å². The molecule has 0 aliphatic carbocycles. The third-order valence-electron chi connectivity index (χ3n) is 3.05. The average molecular weight is 285 g/mol. The van der Waals surface area contributed by atoms with Gasteiger partial charge in [-0.3, -0.25) is 10.1 Å². The minimum absolute atomic E-state index is 0.0367. The van der Waals surface area contributed by atoms with E-state index in [1.54, 1.807) is 19.1 Å². The van der Waals surface area contributed by atoms with Gasteiger partial charge in [-0.15, -0.1) is 0 Å². The van der Waals surface area contributed by atoms with Gasteiger partial charge in [0.15, 0.2) is 0 Å². The molecule has 0 fully saturated rings. The molecule has 21 heavy (non-hydrogen) atoms. The lowest BCUT2D eigenvalue weighted by atomic mass is 10.1. The highest BCUT2D eigenvalue weighted by atomic mass is 19.1. The second-order valence-electron chi connectivity index (χ2n) is 4.54. The zero-order valence-electron chi connectivity index (χ0n) is 11.3. The Bertz CT molecular complexity index is 738. The number of hydrogen-bond acceptors (Lipinski definition) is 4. The van der Waals surface area contributed by atoms with Crippen molar-refractivity contribution in [3.05, 3.63) is 69.0 Å². The molecule has 106 valence electrons. The smallest absolute Gasteiger partial charge is 0.272 e. The molecule has 6 heteroatoms. The van der Waals surface area contributed by atoms with Crippen LogP contribution in [0.4, 0.5) is 15.8 Å². The maximum atomic E-state index is 13.7. The van der Waals surface area contributed by atoms with E-state index >= 15 is 0 Å². The minimum atomic E-state index is -0.532. The van der Waals surface area contributed by atoms with Crippen molar-refractivity contribution in [2.24, 2.45) is 0 Å². The van der Waals surface area contributed by atoms with Crippen molar-refractivity contribution >= 4 is 11.4 Å². The molecule has 0 bridgehead atoms. The van der Waals surface area contributed by atoms with E-state index in [1.165, 1.54) is 18.2 Å². The number of rotatable bonds is 4. The molecule has 0 aliphatic rings. The molecule has 0 saturated heterocycles. The van der Waals surface area contributed by atoms with Crippen LogP contribution < -0.4 is 5.32 Å². The zero-order valence-corrected chi connectivity index (χ0v) is 11.3. The number of nitrogens with zero attached hydrogens (tertiary/aromatic N) is 2. The summed E-state index contributed by atoms with van der Waals surface area (Å²) in [7, 11) is 0. The average Bonchev–Trinajstić information content (AvgIpc) is 2.47. The Hall–Kier alpha value is -2.94. The summed E-state index contributed by atoms with van der Waals surface area (Å²) in [4.78, 5) is 10.4. The number of benzene rings is 2. The van der Waals surface area contributed by atoms with Gasteiger partial charge >= 0.3 is 0 Å². The maximum Gasteiger partial charge on any atom is 0.272 e. The molecule has 5 nitrogen and oxygen atoms in total. The van der Waals surface area contributed by atoms with Crippen LogP contribution in [0, 0.1) is 34.2 Å². The summed E-state index contributed by atoms with van der Waals surface area (Å²) in [6.07, 6.45) is 0. The summed E-state index contributed by atoms with van der Waals surface area (Å²) in [6.45, 7) is 1.92. The van der Waals surface area contributed by atoms with Crippen molar-refractivity contribution in [3.63, 3.8) is 0 Å². The van der Waals surface area contributed by atoms with E-state index in [2.05, 4.69) is 5.32 Å². The highest BCUT2D eigenvalue weighted by molar-refractivity contribution is 5.50. The number of nitro groups is 1. The summed E-state index contributed by atoms with van der Waals surface area (Å²) in [6, 6.07) is 10.8. The van der Waals surface area contributed by atoms with Gasteiger partial charge in [-0.2, -0.15) is 5.26 Å². The van der Waals surface area contributed by atoms with E-state index in [4.69, 9.17) is 5.26 Å². The fraction of sp³-hybridized carbons (Fsp3) is 0.133. The maximum absolute atomic E-state index is 13.7. The van der Waals surface area contributed by atoms with Crippen LogP contribution in [-0.4, -0.2) is 4.92 Å². The summed E-state index contributed by atoms with van der Waals surface area (Å²) in [5, 5.41) is 22.4. The number of hydrogen-bond donors (Lipinski definition) is 1. The predicted molar refractivity (Wildman–Crippen MR) is 76.3 cm³/mol. The molecule has 2 rings (SSSR count). The van der Waals surface area contributed by atoms with Gasteiger partial charge in [0.05, 0.1) is 22.2 Å². The topological polar surface area (TPSA) is 79.0 Å². The second-order valence-corrected chi connectivity index (χ2v) is 4.54. The molecular weight excluding hydrogens is 273 g/mol. The van der Waals surface area contributed by atoms with E-state index in [9.17, 15) is 14.5 Å². The molecule has 2 aromatic carbocycles. The first-order chi connectivity index (χ1) is 10.0. The molecule has 1 N–H and O–H groups in total. The van der Waals surface area contributed by atoms with Gasteiger partial charge in [0.1, 0.15) is 5.82 Å². The SMILES string of the molecule is Cc1ccc(CNc2ccc(C#N)cc2F)cc1[N+](=O)[O-]. The third-order valence-corrected chi connectivity index (χ3v) is 3.05. The van der Waals surface area contributed by atoms with Crippen LogP contribution in [0.5, 0.6) is 0 Å². The lowest BCUT2D eigenvalue weighted by Crippen LogP contribution is -2.03. The predicted octanol–water partition coefficient (Wildman–Crippen LogP) is 3.53. The largest absolute Gasteiger partial charge is 0.379 e. The molecule has 0 aromatic heterocycles. The molecule has 0 heterocycles. The summed E-state index contributed by atoms with van der Waals surface area (Å²) >= 11 is 0. The van der Waals surface area contributed by atoms with E-state index < -0.39 is 10.7 Å². The van der Waals surface area contributed by atoms with Gasteiger partial charge < -0.3 is 5.32 Å². The Kier molecular flexibility index (Phi) is 4.14. The Morgan fingerprint density at radius 1 is 1.33 bits per heavy atom. The van der Waals surface area contributed by atoms with E-state index in [0.717, 1.165) is 6.07 Å². The van der Waals surface area contributed by atoms with Crippen LogP contribution in [-0.2, 0) is 6.54 Å². The zero-order chi connectivity index (χ0) is 15.4. The van der Waals surface area contributed by atoms with Gasteiger partial charge in [0.2, 0.25) is 0 Å². The molecule has 0 amide bonds. The summed E-state index contributed by atoms with van der Waals surface area (Å²) in [5.74, 6) is -0.532. The van der Waals surface area contributed by atoms with E-state index in [-0.39, 0.29) is 23.5 Å². The van der Waals surface area contributed by atoms with Gasteiger partial charge in [-0.25, -0.2) is 4.39 Å². The molecule has 0 unspecified atom stereocenters. The van der Waals surface area contributed by atoms with Crippen molar-refractivity contribution in [3.8, 4) is 6.07 Å². The van der Waals surface area contributed by atoms with Gasteiger partial charge in [0.25, 0.3) is 5.69 Å². The number of nitrogens with one attached hydrogen (secondary N) is 1. The van der Waals surface area contributed by atoms with Gasteiger partial charge in [-0.1, -0.05) is 12.1 Å². The van der Waals surface area contributed by atoms with Crippen molar-refractivity contribution in [2.45, 2.75) is 13.5 Å². The molecule has 2 aromatic rings. The van der Waals surface area contributed by atoms with Crippen LogP contribution >= 0.6 is 0 Å². The quantitative estimate of drug-likeness (QED) is 0.688. The van der Waals surface area contributed by atoms with Crippen molar-refractivity contribution in [2.75, 3.05) is 5.32 Å². The Morgan fingerprint density at radius 2 is 2.10 bits per heavy atom. The minimum Gasteiger partial charge on any atom is -0.379 e. The van der Waals surface area contributed by atoms with Crippen LogP contribution in [0.3, 0.4) is 0 Å². The number of nitro benzene ring substituents is 1. The van der Waals surface area contributed by atoms with E-state index in [0.29, 0.717) is 11.1 Å². The van der Waals surface area contributed by atoms with E-state index in [1.807, 2.05) is 6.07 Å². The van der Waals surface area contributed by atoms with Crippen LogP contribution in [0.2, 0.25) is 0 Å². The first-order valence-electron chi connectivity index (χ1n) is 6.18. The fourth-order valence-corrected chi connectivity index (χ4v) is 1.89. The first-order valence-corrected chi connectivity index (χ1v) is 6.18. The normalized spacial score (nSPS) is 9.95. The van der Waals surface area contributed by atoms with Crippen molar-refractivity contribution in [1.82, 2.24) is 0 Å². The molecule has 0 spiro atoms. The fourth-order valence-electron chi connectivity index (χ4n) is 1.89. The van der Waals surface area contributed by atoms with Crippen LogP contribution in [0.25, 0.3) is 0 Å². The third kappa shape index (κ3) is 3.34. The molecular formula is C15H12FN3O2. The standard InChI is InChI=1S/C15H12FN3O2/c1-10-2-3-12(7-15(10)19(20)21)9-18-14-5-4-11(8-17)6-13(14)16/h2-7,18H,9H2,1H3. The molecule has 0 saturated carbocycles. The number of halogens is 1. The van der Waals surface area contributed by atoms with Crippen molar-refractivity contribution < 1.29 is 9.31 Å². The lowest BCUT2D eigenvalue weighted by Gasteiger charge is -2.08. The van der Waals surface area contributed by atoms with Gasteiger partial charge in [-0.05, 0) is 30.7 Å². The van der Waals surface area contributed by atoms with Gasteiger partial charge in [0, 0.05) is 18.2 Å². The number of aryl methyl sites for hydroxylation is 1. The highest BCUT2D eigenvalue weighted by Crippen LogP contribution is 2.21. The Labute approximate surface area is 120 Å². The second kappa shape index (κ2) is 6.01. The monoisotopic (exact) mass is 285 g/mol. The Morgan fingerprint density at radius 3 is 2.71 bits per heavy atom. The van der Waals surface area contributed by atoms with Crippen LogP contribution in [0.15, 0.2) is 36.4 Å². The number of nitriles is 1. The Balaban J connectivity index is 2.15. The summed E-state index contributed by atoms with van der Waals surface area (Å²) in [5.41, 5.74) is 1.78. The highest BCUT2D eigenvalue weighted by Gasteiger charge is 2.11. The molecule has 0 atom stereocenters. The number of anilines is 1. The summed E-state index contributed by atoms with van der Waals surface area (Å²) < 4.78 is 13.7.